The maximum Gasteiger partial charge on any atom is 0.202 e. The number of aromatic nitrogens is 2. The fourth-order valence-electron chi connectivity index (χ4n) is 1.37. The molecule has 0 radical (unpaired) electrons. The van der Waals surface area contributed by atoms with Crippen LogP contribution in [0.3, 0.4) is 0 Å². The summed E-state index contributed by atoms with van der Waals surface area (Å²) in [5.74, 6) is 2.67. The molecule has 1 aromatic heterocycles. The van der Waals surface area contributed by atoms with Crippen LogP contribution >= 0.6 is 11.5 Å². The molecule has 0 aromatic carbocycles. The molecule has 3 rings (SSSR count). The van der Waals surface area contributed by atoms with Crippen molar-refractivity contribution in [3.8, 4) is 0 Å². The van der Waals surface area contributed by atoms with Crippen LogP contribution in [0.15, 0.2) is 0 Å². The smallest absolute Gasteiger partial charge is 0.202 e. The van der Waals surface area contributed by atoms with E-state index in [2.05, 4.69) is 14.7 Å². The first-order chi connectivity index (χ1) is 6.42. The third-order valence-electron chi connectivity index (χ3n) is 2.62. The van der Waals surface area contributed by atoms with Crippen molar-refractivity contribution in [2.24, 2.45) is 5.92 Å². The molecule has 0 spiro atoms. The number of nitrogens with one attached hydrogen (secondary N) is 1. The lowest BCUT2D eigenvalue weighted by molar-refractivity contribution is 0.883. The first-order valence-electron chi connectivity index (χ1n) is 4.99. The average Bonchev–Trinajstić information content (AvgIpc) is 3.03. The lowest BCUT2D eigenvalue weighted by atomic mass is 10.4. The summed E-state index contributed by atoms with van der Waals surface area (Å²) in [7, 11) is 0. The van der Waals surface area contributed by atoms with Crippen molar-refractivity contribution >= 4 is 16.7 Å². The maximum atomic E-state index is 4.47. The summed E-state index contributed by atoms with van der Waals surface area (Å²) in [5.41, 5.74) is 0. The highest BCUT2D eigenvalue weighted by molar-refractivity contribution is 7.09. The molecule has 1 aromatic rings. The summed E-state index contributed by atoms with van der Waals surface area (Å²) < 4.78 is 4.34. The van der Waals surface area contributed by atoms with Crippen molar-refractivity contribution in [3.63, 3.8) is 0 Å². The van der Waals surface area contributed by atoms with E-state index in [0.717, 1.165) is 23.4 Å². The van der Waals surface area contributed by atoms with Crippen molar-refractivity contribution in [2.45, 2.75) is 31.6 Å². The van der Waals surface area contributed by atoms with Gasteiger partial charge < -0.3 is 5.32 Å². The highest BCUT2D eigenvalue weighted by atomic mass is 32.1. The van der Waals surface area contributed by atoms with Crippen LogP contribution in [0.2, 0.25) is 0 Å². The fourth-order valence-corrected chi connectivity index (χ4v) is 2.02. The van der Waals surface area contributed by atoms with Crippen LogP contribution in [-0.4, -0.2) is 15.9 Å². The predicted octanol–water partition coefficient (Wildman–Crippen LogP) is 2.24. The van der Waals surface area contributed by atoms with Crippen LogP contribution in [0, 0.1) is 5.92 Å². The van der Waals surface area contributed by atoms with E-state index < -0.39 is 0 Å². The van der Waals surface area contributed by atoms with Crippen molar-refractivity contribution in [2.75, 3.05) is 11.9 Å². The summed E-state index contributed by atoms with van der Waals surface area (Å²) in [6, 6.07) is 0. The summed E-state index contributed by atoms with van der Waals surface area (Å²) >= 11 is 1.52. The Bertz CT molecular complexity index is 302. The quantitative estimate of drug-likeness (QED) is 0.800. The molecule has 2 fully saturated rings. The van der Waals surface area contributed by atoms with Gasteiger partial charge in [0.05, 0.1) is 0 Å². The lowest BCUT2D eigenvalue weighted by Crippen LogP contribution is -2.02. The standard InChI is InChI=1S/C9H13N3S/c1-2-6(1)5-10-9-11-8(12-13-9)7-3-4-7/h6-7H,1-5H2,(H,10,11,12). The van der Waals surface area contributed by atoms with Gasteiger partial charge in [0.25, 0.3) is 0 Å². The van der Waals surface area contributed by atoms with Crippen molar-refractivity contribution in [1.29, 1.82) is 0 Å². The second-order valence-corrected chi connectivity index (χ2v) is 4.81. The van der Waals surface area contributed by atoms with E-state index in [1.165, 1.54) is 37.2 Å². The van der Waals surface area contributed by atoms with E-state index >= 15 is 0 Å². The molecule has 0 aliphatic heterocycles. The highest BCUT2D eigenvalue weighted by Gasteiger charge is 2.28. The molecule has 0 unspecified atom stereocenters. The third kappa shape index (κ3) is 1.82. The third-order valence-corrected chi connectivity index (χ3v) is 3.31. The number of anilines is 1. The van der Waals surface area contributed by atoms with Crippen molar-refractivity contribution in [3.05, 3.63) is 5.82 Å². The summed E-state index contributed by atoms with van der Waals surface area (Å²) in [6.07, 6.45) is 5.36. The molecule has 2 aliphatic rings. The Morgan fingerprint density at radius 3 is 2.85 bits per heavy atom. The monoisotopic (exact) mass is 195 g/mol. The minimum absolute atomic E-state index is 0.688. The number of hydrogen-bond donors (Lipinski definition) is 1. The van der Waals surface area contributed by atoms with E-state index in [4.69, 9.17) is 0 Å². The number of rotatable bonds is 4. The number of nitrogens with zero attached hydrogens (tertiary/aromatic N) is 2. The number of hydrogen-bond acceptors (Lipinski definition) is 4. The van der Waals surface area contributed by atoms with E-state index in [0.29, 0.717) is 5.92 Å². The van der Waals surface area contributed by atoms with Crippen LogP contribution in [0.5, 0.6) is 0 Å². The Kier molecular flexibility index (Phi) is 1.75. The molecule has 0 atom stereocenters. The topological polar surface area (TPSA) is 37.8 Å². The molecule has 0 bridgehead atoms. The molecular formula is C9H13N3S. The van der Waals surface area contributed by atoms with Gasteiger partial charge in [0.1, 0.15) is 5.82 Å². The molecule has 0 amide bonds. The minimum Gasteiger partial charge on any atom is -0.360 e. The first kappa shape index (κ1) is 7.74. The average molecular weight is 195 g/mol. The zero-order valence-electron chi connectivity index (χ0n) is 7.49. The van der Waals surface area contributed by atoms with Gasteiger partial charge in [0.2, 0.25) is 5.13 Å². The van der Waals surface area contributed by atoms with Crippen LogP contribution in [0.25, 0.3) is 0 Å². The van der Waals surface area contributed by atoms with Gasteiger partial charge in [0.15, 0.2) is 0 Å². The van der Waals surface area contributed by atoms with Gasteiger partial charge >= 0.3 is 0 Å². The zero-order valence-corrected chi connectivity index (χ0v) is 8.31. The van der Waals surface area contributed by atoms with Crippen molar-refractivity contribution in [1.82, 2.24) is 9.36 Å². The SMILES string of the molecule is C1CC1CNc1nc(C2CC2)ns1. The van der Waals surface area contributed by atoms with Gasteiger partial charge in [-0.25, -0.2) is 4.98 Å². The summed E-state index contributed by atoms with van der Waals surface area (Å²) in [5, 5.41) is 4.38. The Morgan fingerprint density at radius 1 is 1.31 bits per heavy atom. The molecular weight excluding hydrogens is 182 g/mol. The van der Waals surface area contributed by atoms with Crippen LogP contribution in [0.1, 0.15) is 37.4 Å². The second kappa shape index (κ2) is 2.94. The van der Waals surface area contributed by atoms with Crippen LogP contribution in [0.4, 0.5) is 5.13 Å². The Hall–Kier alpha value is -0.640. The molecule has 3 nitrogen and oxygen atoms in total. The van der Waals surface area contributed by atoms with Gasteiger partial charge in [-0.3, -0.25) is 0 Å². The summed E-state index contributed by atoms with van der Waals surface area (Å²) in [4.78, 5) is 4.47. The van der Waals surface area contributed by atoms with E-state index in [1.54, 1.807) is 0 Å². The van der Waals surface area contributed by atoms with Gasteiger partial charge in [-0.1, -0.05) is 0 Å². The highest BCUT2D eigenvalue weighted by Crippen LogP contribution is 2.39. The van der Waals surface area contributed by atoms with E-state index in [1.807, 2.05) is 0 Å². The van der Waals surface area contributed by atoms with Crippen LogP contribution < -0.4 is 5.32 Å². The van der Waals surface area contributed by atoms with E-state index in [-0.39, 0.29) is 0 Å². The fraction of sp³-hybridized carbons (Fsp3) is 0.778. The Labute approximate surface area is 81.7 Å². The Balaban J connectivity index is 1.59. The molecule has 13 heavy (non-hydrogen) atoms. The molecule has 1 N–H and O–H groups in total. The first-order valence-corrected chi connectivity index (χ1v) is 5.76. The maximum absolute atomic E-state index is 4.47. The summed E-state index contributed by atoms with van der Waals surface area (Å²) in [6.45, 7) is 1.10. The predicted molar refractivity (Wildman–Crippen MR) is 53.1 cm³/mol. The molecule has 4 heteroatoms. The van der Waals surface area contributed by atoms with Gasteiger partial charge in [-0.2, -0.15) is 4.37 Å². The molecule has 2 saturated carbocycles. The molecule has 1 heterocycles. The minimum atomic E-state index is 0.688. The lowest BCUT2D eigenvalue weighted by Gasteiger charge is -1.97. The molecule has 2 aliphatic carbocycles. The molecule has 0 saturated heterocycles. The second-order valence-electron chi connectivity index (χ2n) is 4.06. The zero-order chi connectivity index (χ0) is 8.67. The van der Waals surface area contributed by atoms with Crippen LogP contribution in [-0.2, 0) is 0 Å². The van der Waals surface area contributed by atoms with Crippen molar-refractivity contribution < 1.29 is 0 Å². The normalized spacial score (nSPS) is 21.8. The van der Waals surface area contributed by atoms with Gasteiger partial charge in [-0.15, -0.1) is 0 Å². The Morgan fingerprint density at radius 2 is 2.15 bits per heavy atom. The molecule has 70 valence electrons. The van der Waals surface area contributed by atoms with Gasteiger partial charge in [-0.05, 0) is 31.6 Å². The largest absolute Gasteiger partial charge is 0.360 e. The van der Waals surface area contributed by atoms with Gasteiger partial charge in [0, 0.05) is 24.0 Å². The van der Waals surface area contributed by atoms with E-state index in [9.17, 15) is 0 Å².